The molecule has 0 spiro atoms. The summed E-state index contributed by atoms with van der Waals surface area (Å²) in [6.45, 7) is 1.96. The Morgan fingerprint density at radius 1 is 1.75 bits per heavy atom. The van der Waals surface area contributed by atoms with Crippen molar-refractivity contribution in [1.82, 2.24) is 15.0 Å². The Labute approximate surface area is 70.3 Å². The molecule has 0 radical (unpaired) electrons. The van der Waals surface area contributed by atoms with Gasteiger partial charge in [-0.3, -0.25) is 9.48 Å². The maximum absolute atomic E-state index is 10.7. The minimum atomic E-state index is -0.222. The maximum Gasteiger partial charge on any atom is 0.305 e. The van der Waals surface area contributed by atoms with Gasteiger partial charge in [-0.25, -0.2) is 0 Å². The molecule has 0 aliphatic rings. The Bertz CT molecular complexity index is 269. The summed E-state index contributed by atoms with van der Waals surface area (Å²) in [5, 5.41) is 7.45. The first-order valence-corrected chi connectivity index (χ1v) is 3.73. The molecule has 1 aromatic heterocycles. The number of carbonyl (C=O) groups is 1. The van der Waals surface area contributed by atoms with Crippen LogP contribution >= 0.6 is 0 Å². The summed E-state index contributed by atoms with van der Waals surface area (Å²) in [7, 11) is 1.76. The van der Waals surface area contributed by atoms with Crippen LogP contribution in [0.3, 0.4) is 0 Å². The summed E-state index contributed by atoms with van der Waals surface area (Å²) >= 11 is 0. The molecule has 0 amide bonds. The largest absolute Gasteiger partial charge is 0.459 e. The first-order chi connectivity index (χ1) is 5.72. The third kappa shape index (κ3) is 2.34. The lowest BCUT2D eigenvalue weighted by Crippen LogP contribution is -2.02. The van der Waals surface area contributed by atoms with E-state index in [2.05, 4.69) is 10.3 Å². The van der Waals surface area contributed by atoms with Gasteiger partial charge in [0.2, 0.25) is 0 Å². The van der Waals surface area contributed by atoms with Crippen LogP contribution < -0.4 is 0 Å². The Balaban J connectivity index is 2.38. The Morgan fingerprint density at radius 3 is 3.00 bits per heavy atom. The van der Waals surface area contributed by atoms with Gasteiger partial charge in [0.25, 0.3) is 0 Å². The molecule has 0 N–H and O–H groups in total. The molecule has 66 valence electrons. The average molecular weight is 169 g/mol. The monoisotopic (exact) mass is 169 g/mol. The minimum absolute atomic E-state index is 0.209. The molecule has 0 bridgehead atoms. The standard InChI is InChI=1S/C7H11N3O2/c1-3-7(11)12-5-6-4-10(2)9-8-6/h4H,3,5H2,1-2H3. The lowest BCUT2D eigenvalue weighted by Gasteiger charge is -1.97. The van der Waals surface area contributed by atoms with E-state index in [4.69, 9.17) is 4.74 Å². The molecule has 0 saturated heterocycles. The van der Waals surface area contributed by atoms with Crippen LogP contribution in [0.4, 0.5) is 0 Å². The minimum Gasteiger partial charge on any atom is -0.459 e. The van der Waals surface area contributed by atoms with Crippen LogP contribution in [-0.4, -0.2) is 21.0 Å². The van der Waals surface area contributed by atoms with Gasteiger partial charge in [-0.15, -0.1) is 5.10 Å². The summed E-state index contributed by atoms with van der Waals surface area (Å²) in [4.78, 5) is 10.7. The average Bonchev–Trinajstić information content (AvgIpc) is 2.47. The van der Waals surface area contributed by atoms with Gasteiger partial charge in [0, 0.05) is 13.5 Å². The van der Waals surface area contributed by atoms with Crippen LogP contribution in [-0.2, 0) is 23.2 Å². The molecule has 0 unspecified atom stereocenters. The van der Waals surface area contributed by atoms with E-state index in [1.807, 2.05) is 0 Å². The summed E-state index contributed by atoms with van der Waals surface area (Å²) < 4.78 is 6.40. The lowest BCUT2D eigenvalue weighted by molar-refractivity contribution is -0.144. The van der Waals surface area contributed by atoms with E-state index in [1.54, 1.807) is 24.9 Å². The molecule has 0 fully saturated rings. The van der Waals surface area contributed by atoms with Crippen LogP contribution in [0, 0.1) is 0 Å². The van der Waals surface area contributed by atoms with Gasteiger partial charge in [-0.2, -0.15) is 0 Å². The number of aryl methyl sites for hydroxylation is 1. The lowest BCUT2D eigenvalue weighted by atomic mass is 10.5. The first kappa shape index (κ1) is 8.70. The molecular formula is C7H11N3O2. The fraction of sp³-hybridized carbons (Fsp3) is 0.571. The van der Waals surface area contributed by atoms with Crippen LogP contribution in [0.25, 0.3) is 0 Å². The highest BCUT2D eigenvalue weighted by Gasteiger charge is 2.01. The fourth-order valence-corrected chi connectivity index (χ4v) is 0.718. The number of hydrogen-bond acceptors (Lipinski definition) is 4. The zero-order valence-electron chi connectivity index (χ0n) is 7.15. The third-order valence-corrected chi connectivity index (χ3v) is 1.32. The van der Waals surface area contributed by atoms with E-state index in [0.717, 1.165) is 0 Å². The van der Waals surface area contributed by atoms with E-state index < -0.39 is 0 Å². The highest BCUT2D eigenvalue weighted by atomic mass is 16.5. The molecule has 1 heterocycles. The molecule has 1 aromatic rings. The van der Waals surface area contributed by atoms with Gasteiger partial charge in [-0.1, -0.05) is 12.1 Å². The van der Waals surface area contributed by atoms with E-state index >= 15 is 0 Å². The molecule has 12 heavy (non-hydrogen) atoms. The van der Waals surface area contributed by atoms with Crippen molar-refractivity contribution in [2.45, 2.75) is 20.0 Å². The van der Waals surface area contributed by atoms with E-state index in [9.17, 15) is 4.79 Å². The summed E-state index contributed by atoms with van der Waals surface area (Å²) in [5.41, 5.74) is 0.666. The smallest absolute Gasteiger partial charge is 0.305 e. The predicted molar refractivity (Wildman–Crippen MR) is 41.1 cm³/mol. The van der Waals surface area contributed by atoms with Crippen molar-refractivity contribution in [2.75, 3.05) is 0 Å². The van der Waals surface area contributed by atoms with Crippen molar-refractivity contribution in [2.24, 2.45) is 7.05 Å². The molecule has 0 aromatic carbocycles. The Hall–Kier alpha value is -1.39. The first-order valence-electron chi connectivity index (χ1n) is 3.73. The molecule has 0 aliphatic heterocycles. The second-order valence-corrected chi connectivity index (χ2v) is 2.40. The summed E-state index contributed by atoms with van der Waals surface area (Å²) in [6.07, 6.45) is 2.10. The molecule has 1 rings (SSSR count). The summed E-state index contributed by atoms with van der Waals surface area (Å²) in [6, 6.07) is 0. The molecule has 0 atom stereocenters. The SMILES string of the molecule is CCC(=O)OCc1cn(C)nn1. The van der Waals surface area contributed by atoms with Crippen LogP contribution in [0.15, 0.2) is 6.20 Å². The zero-order chi connectivity index (χ0) is 8.97. The van der Waals surface area contributed by atoms with Crippen LogP contribution in [0.1, 0.15) is 19.0 Å². The fourth-order valence-electron chi connectivity index (χ4n) is 0.718. The highest BCUT2D eigenvalue weighted by molar-refractivity contribution is 5.68. The Kier molecular flexibility index (Phi) is 2.79. The number of esters is 1. The number of hydrogen-bond donors (Lipinski definition) is 0. The van der Waals surface area contributed by atoms with Crippen molar-refractivity contribution in [3.05, 3.63) is 11.9 Å². The molecule has 5 heteroatoms. The quantitative estimate of drug-likeness (QED) is 0.609. The van der Waals surface area contributed by atoms with Crippen molar-refractivity contribution in [3.8, 4) is 0 Å². The second kappa shape index (κ2) is 3.85. The molecular weight excluding hydrogens is 158 g/mol. The van der Waals surface area contributed by atoms with E-state index in [1.165, 1.54) is 0 Å². The van der Waals surface area contributed by atoms with Gasteiger partial charge < -0.3 is 4.74 Å². The predicted octanol–water partition coefficient (Wildman–Crippen LogP) is 0.268. The Morgan fingerprint density at radius 2 is 2.50 bits per heavy atom. The normalized spacial score (nSPS) is 9.83. The van der Waals surface area contributed by atoms with Gasteiger partial charge in [-0.05, 0) is 0 Å². The maximum atomic E-state index is 10.7. The number of rotatable bonds is 3. The molecule has 5 nitrogen and oxygen atoms in total. The van der Waals surface area contributed by atoms with Crippen molar-refractivity contribution >= 4 is 5.97 Å². The molecule has 0 aliphatic carbocycles. The summed E-state index contributed by atoms with van der Waals surface area (Å²) in [5.74, 6) is -0.222. The number of nitrogens with zero attached hydrogens (tertiary/aromatic N) is 3. The van der Waals surface area contributed by atoms with E-state index in [-0.39, 0.29) is 12.6 Å². The highest BCUT2D eigenvalue weighted by Crippen LogP contribution is 1.95. The second-order valence-electron chi connectivity index (χ2n) is 2.40. The van der Waals surface area contributed by atoms with Gasteiger partial charge in [0.05, 0.1) is 6.20 Å². The zero-order valence-corrected chi connectivity index (χ0v) is 7.15. The van der Waals surface area contributed by atoms with Crippen LogP contribution in [0.5, 0.6) is 0 Å². The van der Waals surface area contributed by atoms with Crippen molar-refractivity contribution in [3.63, 3.8) is 0 Å². The third-order valence-electron chi connectivity index (χ3n) is 1.32. The van der Waals surface area contributed by atoms with Crippen molar-refractivity contribution in [1.29, 1.82) is 0 Å². The number of ether oxygens (including phenoxy) is 1. The van der Waals surface area contributed by atoms with Gasteiger partial charge >= 0.3 is 5.97 Å². The molecule has 0 saturated carbocycles. The topological polar surface area (TPSA) is 57.0 Å². The number of carbonyl (C=O) groups excluding carboxylic acids is 1. The number of aromatic nitrogens is 3. The van der Waals surface area contributed by atoms with Gasteiger partial charge in [0.1, 0.15) is 12.3 Å². The van der Waals surface area contributed by atoms with Gasteiger partial charge in [0.15, 0.2) is 0 Å². The van der Waals surface area contributed by atoms with Crippen molar-refractivity contribution < 1.29 is 9.53 Å². The van der Waals surface area contributed by atoms with E-state index in [0.29, 0.717) is 12.1 Å². The van der Waals surface area contributed by atoms with Crippen LogP contribution in [0.2, 0.25) is 0 Å².